The predicted molar refractivity (Wildman–Crippen MR) is 142 cm³/mol. The maximum Gasteiger partial charge on any atom is 0.270 e. The fraction of sp³-hybridized carbons (Fsp3) is 0.222. The van der Waals surface area contributed by atoms with Crippen molar-refractivity contribution in [2.75, 3.05) is 4.90 Å². The Morgan fingerprint density at radius 2 is 1.65 bits per heavy atom. The van der Waals surface area contributed by atoms with Gasteiger partial charge >= 0.3 is 0 Å². The number of rotatable bonds is 6. The van der Waals surface area contributed by atoms with Crippen molar-refractivity contribution in [3.05, 3.63) is 87.7 Å². The van der Waals surface area contributed by atoms with Gasteiger partial charge in [-0.3, -0.25) is 19.8 Å². The van der Waals surface area contributed by atoms with Gasteiger partial charge in [0.2, 0.25) is 0 Å². The van der Waals surface area contributed by atoms with Gasteiger partial charge in [0.25, 0.3) is 11.8 Å². The van der Waals surface area contributed by atoms with Crippen molar-refractivity contribution in [2.24, 2.45) is 0 Å². The summed E-state index contributed by atoms with van der Waals surface area (Å²) in [6.07, 6.45) is 5.05. The number of hydrogen-bond donors (Lipinski definition) is 1. The minimum Gasteiger partial charge on any atom is -0.318 e. The average Bonchev–Trinajstić information content (AvgIpc) is 3.09. The first-order valence-electron chi connectivity index (χ1n) is 11.3. The smallest absolute Gasteiger partial charge is 0.270 e. The van der Waals surface area contributed by atoms with Crippen molar-refractivity contribution in [1.82, 2.24) is 9.88 Å². The Kier molecular flexibility index (Phi) is 7.00. The van der Waals surface area contributed by atoms with Gasteiger partial charge in [-0.1, -0.05) is 37.1 Å². The molecular weight excluding hydrogens is 466 g/mol. The molecule has 5 nitrogen and oxygen atoms in total. The van der Waals surface area contributed by atoms with E-state index in [9.17, 15) is 9.59 Å². The van der Waals surface area contributed by atoms with E-state index < -0.39 is 11.8 Å². The first-order valence-corrected chi connectivity index (χ1v) is 12.0. The van der Waals surface area contributed by atoms with Crippen molar-refractivity contribution in [3.8, 4) is 5.69 Å². The minimum absolute atomic E-state index is 0.0266. The molecule has 0 aliphatic carbocycles. The first kappa shape index (κ1) is 23.9. The molecule has 2 amide bonds. The lowest BCUT2D eigenvalue weighted by molar-refractivity contribution is -0.122. The molecule has 4 rings (SSSR count). The van der Waals surface area contributed by atoms with Crippen molar-refractivity contribution in [1.29, 1.82) is 0 Å². The molecule has 1 aromatic heterocycles. The summed E-state index contributed by atoms with van der Waals surface area (Å²) in [5, 5.41) is 3.22. The zero-order valence-electron chi connectivity index (χ0n) is 19.4. The van der Waals surface area contributed by atoms with Crippen LogP contribution in [0.2, 0.25) is 5.02 Å². The van der Waals surface area contributed by atoms with Crippen LogP contribution < -0.4 is 10.2 Å². The molecule has 0 atom stereocenters. The van der Waals surface area contributed by atoms with Gasteiger partial charge < -0.3 is 4.57 Å². The summed E-state index contributed by atoms with van der Waals surface area (Å²) in [5.74, 6) is -0.980. The number of aromatic nitrogens is 1. The van der Waals surface area contributed by atoms with E-state index in [1.807, 2.05) is 19.9 Å². The molecular formula is C27H26ClN3O2S. The third-order valence-electron chi connectivity index (χ3n) is 5.97. The summed E-state index contributed by atoms with van der Waals surface area (Å²) < 4.78 is 2.13. The van der Waals surface area contributed by atoms with E-state index in [1.54, 1.807) is 30.3 Å². The minimum atomic E-state index is -0.509. The predicted octanol–water partition coefficient (Wildman–Crippen LogP) is 5.92. The number of thiocarbonyl (C=S) groups is 1. The zero-order chi connectivity index (χ0) is 24.4. The van der Waals surface area contributed by atoms with Crippen molar-refractivity contribution in [2.45, 2.75) is 40.0 Å². The molecule has 0 saturated carbocycles. The van der Waals surface area contributed by atoms with Crippen LogP contribution in [0.4, 0.5) is 5.69 Å². The molecule has 34 heavy (non-hydrogen) atoms. The van der Waals surface area contributed by atoms with Crippen LogP contribution in [-0.2, 0) is 16.0 Å². The summed E-state index contributed by atoms with van der Waals surface area (Å²) in [6, 6.07) is 17.3. The topological polar surface area (TPSA) is 54.3 Å². The van der Waals surface area contributed by atoms with E-state index >= 15 is 0 Å². The van der Waals surface area contributed by atoms with E-state index in [0.29, 0.717) is 10.7 Å². The van der Waals surface area contributed by atoms with Gasteiger partial charge in [0.05, 0.1) is 5.69 Å². The number of aryl methyl sites for hydroxylation is 2. The van der Waals surface area contributed by atoms with Gasteiger partial charge in [0.15, 0.2) is 5.11 Å². The van der Waals surface area contributed by atoms with Gasteiger partial charge in [-0.25, -0.2) is 0 Å². The maximum atomic E-state index is 13.3. The second-order valence-electron chi connectivity index (χ2n) is 8.37. The number of unbranched alkanes of at least 4 members (excludes halogenated alkanes) is 1. The third-order valence-corrected chi connectivity index (χ3v) is 6.51. The van der Waals surface area contributed by atoms with E-state index in [4.69, 9.17) is 23.8 Å². The Labute approximate surface area is 210 Å². The molecule has 1 fully saturated rings. The lowest BCUT2D eigenvalue weighted by Crippen LogP contribution is -2.54. The molecule has 2 heterocycles. The summed E-state index contributed by atoms with van der Waals surface area (Å²) in [4.78, 5) is 27.3. The highest BCUT2D eigenvalue weighted by atomic mass is 35.5. The number of benzene rings is 2. The highest BCUT2D eigenvalue weighted by Crippen LogP contribution is 2.27. The molecule has 2 aromatic carbocycles. The lowest BCUT2D eigenvalue weighted by atomic mass is 10.1. The Hall–Kier alpha value is -3.22. The third kappa shape index (κ3) is 4.69. The fourth-order valence-electron chi connectivity index (χ4n) is 4.16. The second-order valence-corrected chi connectivity index (χ2v) is 9.19. The van der Waals surface area contributed by atoms with Crippen LogP contribution in [0.15, 0.2) is 60.2 Å². The molecule has 1 N–H and O–H groups in total. The Bertz CT molecular complexity index is 1290. The largest absolute Gasteiger partial charge is 0.318 e. The van der Waals surface area contributed by atoms with Gasteiger partial charge in [0, 0.05) is 22.1 Å². The van der Waals surface area contributed by atoms with E-state index in [1.165, 1.54) is 23.3 Å². The monoisotopic (exact) mass is 491 g/mol. The number of carbonyl (C=O) groups is 2. The molecule has 0 unspecified atom stereocenters. The van der Waals surface area contributed by atoms with Gasteiger partial charge in [-0.2, -0.15) is 0 Å². The highest BCUT2D eigenvalue weighted by molar-refractivity contribution is 7.80. The molecule has 1 aliphatic heterocycles. The number of anilines is 1. The number of hydrogen-bond acceptors (Lipinski definition) is 3. The molecule has 0 bridgehead atoms. The molecule has 7 heteroatoms. The Morgan fingerprint density at radius 3 is 2.29 bits per heavy atom. The molecule has 1 aliphatic rings. The van der Waals surface area contributed by atoms with E-state index in [2.05, 4.69) is 41.1 Å². The molecule has 0 radical (unpaired) electrons. The van der Waals surface area contributed by atoms with Gasteiger partial charge in [-0.05, 0) is 98.6 Å². The van der Waals surface area contributed by atoms with Crippen LogP contribution in [0.5, 0.6) is 0 Å². The standard InChI is InChI=1S/C27H26ClN3O2S/c1-4-5-6-19-7-11-22(12-8-19)30-17(2)15-20(18(30)3)16-24-25(32)29-27(34)31(26(24)33)23-13-9-21(28)10-14-23/h7-16H,4-6H2,1-3H3,(H,29,32,34)/b24-16-. The Morgan fingerprint density at radius 1 is 1.00 bits per heavy atom. The van der Waals surface area contributed by atoms with E-state index in [0.717, 1.165) is 29.1 Å². The summed E-state index contributed by atoms with van der Waals surface area (Å²) >= 11 is 11.3. The normalized spacial score (nSPS) is 15.2. The molecule has 0 spiro atoms. The van der Waals surface area contributed by atoms with Crippen molar-refractivity contribution >= 4 is 52.5 Å². The zero-order valence-corrected chi connectivity index (χ0v) is 21.0. The summed E-state index contributed by atoms with van der Waals surface area (Å²) in [7, 11) is 0. The fourth-order valence-corrected chi connectivity index (χ4v) is 4.57. The van der Waals surface area contributed by atoms with Gasteiger partial charge in [0.1, 0.15) is 5.57 Å². The maximum absolute atomic E-state index is 13.3. The quantitative estimate of drug-likeness (QED) is 0.264. The summed E-state index contributed by atoms with van der Waals surface area (Å²) in [6.45, 7) is 6.19. The molecule has 3 aromatic rings. The van der Waals surface area contributed by atoms with Crippen molar-refractivity contribution in [3.63, 3.8) is 0 Å². The number of nitrogens with one attached hydrogen (secondary N) is 1. The molecule has 1 saturated heterocycles. The summed E-state index contributed by atoms with van der Waals surface area (Å²) in [5.41, 5.74) is 5.69. The number of nitrogens with zero attached hydrogens (tertiary/aromatic N) is 2. The average molecular weight is 492 g/mol. The number of amides is 2. The van der Waals surface area contributed by atoms with Gasteiger partial charge in [-0.15, -0.1) is 0 Å². The molecule has 174 valence electrons. The second kappa shape index (κ2) is 9.95. The van der Waals surface area contributed by atoms with Crippen LogP contribution in [0.25, 0.3) is 11.8 Å². The van der Waals surface area contributed by atoms with Crippen LogP contribution in [0, 0.1) is 13.8 Å². The first-order chi connectivity index (χ1) is 16.3. The van der Waals surface area contributed by atoms with E-state index in [-0.39, 0.29) is 10.7 Å². The lowest BCUT2D eigenvalue weighted by Gasteiger charge is -2.28. The van der Waals surface area contributed by atoms with Crippen LogP contribution in [0.3, 0.4) is 0 Å². The van der Waals surface area contributed by atoms with Crippen molar-refractivity contribution < 1.29 is 9.59 Å². The Balaban J connectivity index is 1.68. The number of halogens is 1. The SMILES string of the molecule is CCCCc1ccc(-n2c(C)cc(/C=C3/C(=O)NC(=S)N(c4ccc(Cl)cc4)C3=O)c2C)cc1. The van der Waals surface area contributed by atoms with Crippen LogP contribution >= 0.6 is 23.8 Å². The number of carbonyl (C=O) groups excluding carboxylic acids is 2. The highest BCUT2D eigenvalue weighted by Gasteiger charge is 2.34. The van der Waals surface area contributed by atoms with Crippen LogP contribution in [0.1, 0.15) is 42.3 Å². The van der Waals surface area contributed by atoms with Crippen LogP contribution in [-0.4, -0.2) is 21.5 Å².